The maximum Gasteiger partial charge on any atom is 0.211 e. The second kappa shape index (κ2) is 9.86. The molecule has 154 valence electrons. The number of hydrogen-bond acceptors (Lipinski definition) is 9. The van der Waals surface area contributed by atoms with Gasteiger partial charge in [0.2, 0.25) is 5.96 Å². The molecule has 0 amide bonds. The molecular formula is C21H24N8S. The zero-order valence-corrected chi connectivity index (χ0v) is 17.6. The molecule has 0 spiro atoms. The van der Waals surface area contributed by atoms with Crippen LogP contribution in [0.25, 0.3) is 0 Å². The number of benzene rings is 1. The number of pyridine rings is 1. The van der Waals surface area contributed by atoms with Crippen LogP contribution in [0, 0.1) is 22.8 Å². The molecule has 1 aliphatic heterocycles. The van der Waals surface area contributed by atoms with Crippen molar-refractivity contribution >= 4 is 35.0 Å². The first-order valence-electron chi connectivity index (χ1n) is 9.80. The molecule has 9 heteroatoms. The Hall–Kier alpha value is -3.43. The van der Waals surface area contributed by atoms with Crippen molar-refractivity contribution in [2.45, 2.75) is 43.5 Å². The van der Waals surface area contributed by atoms with Crippen molar-refractivity contribution in [2.24, 2.45) is 4.99 Å². The Morgan fingerprint density at radius 1 is 1.23 bits per heavy atom. The summed E-state index contributed by atoms with van der Waals surface area (Å²) < 4.78 is 0. The number of nitrogen functional groups attached to an aromatic ring is 2. The van der Waals surface area contributed by atoms with E-state index in [0.29, 0.717) is 11.4 Å². The van der Waals surface area contributed by atoms with Crippen molar-refractivity contribution in [1.82, 2.24) is 10.3 Å². The first-order chi connectivity index (χ1) is 14.6. The van der Waals surface area contributed by atoms with Gasteiger partial charge in [0.1, 0.15) is 29.3 Å². The minimum absolute atomic E-state index is 0.0367. The third kappa shape index (κ3) is 4.58. The summed E-state index contributed by atoms with van der Waals surface area (Å²) in [6.45, 7) is 2.20. The van der Waals surface area contributed by atoms with Crippen LogP contribution >= 0.6 is 11.8 Å². The molecule has 1 unspecified atom stereocenters. The fraction of sp³-hybridized carbons (Fsp3) is 0.333. The summed E-state index contributed by atoms with van der Waals surface area (Å²) in [7, 11) is 0. The van der Waals surface area contributed by atoms with Crippen LogP contribution in [0.1, 0.15) is 55.3 Å². The Kier molecular flexibility index (Phi) is 6.99. The van der Waals surface area contributed by atoms with Gasteiger partial charge in [0.15, 0.2) is 6.19 Å². The highest BCUT2D eigenvalue weighted by atomic mass is 32.2. The first kappa shape index (κ1) is 21.3. The van der Waals surface area contributed by atoms with E-state index in [0.717, 1.165) is 16.2 Å². The molecule has 8 nitrogen and oxygen atoms in total. The van der Waals surface area contributed by atoms with Gasteiger partial charge in [-0.3, -0.25) is 5.32 Å². The van der Waals surface area contributed by atoms with Crippen LogP contribution in [0.15, 0.2) is 34.2 Å². The molecule has 2 aromatic rings. The van der Waals surface area contributed by atoms with Gasteiger partial charge in [-0.05, 0) is 29.9 Å². The number of anilines is 3. The zero-order chi connectivity index (χ0) is 21.5. The molecule has 0 fully saturated rings. The highest BCUT2D eigenvalue weighted by molar-refractivity contribution is 7.99. The van der Waals surface area contributed by atoms with Crippen LogP contribution in [0.5, 0.6) is 0 Å². The summed E-state index contributed by atoms with van der Waals surface area (Å²) in [6.07, 6.45) is 6.74. The Labute approximate surface area is 180 Å². The number of nitrogens with two attached hydrogens (primary N) is 2. The largest absolute Gasteiger partial charge is 0.397 e. The number of aromatic nitrogens is 1. The number of aliphatic imine (C=N–C) groups is 1. The van der Waals surface area contributed by atoms with Crippen LogP contribution in [0.2, 0.25) is 0 Å². The van der Waals surface area contributed by atoms with E-state index >= 15 is 0 Å². The summed E-state index contributed by atoms with van der Waals surface area (Å²) >= 11 is 1.80. The van der Waals surface area contributed by atoms with E-state index in [4.69, 9.17) is 16.7 Å². The Morgan fingerprint density at radius 2 is 2.07 bits per heavy atom. The number of hydrogen-bond donors (Lipinski definition) is 4. The third-order valence-electron chi connectivity index (χ3n) is 4.80. The van der Waals surface area contributed by atoms with Gasteiger partial charge in [-0.25, -0.2) is 9.98 Å². The van der Waals surface area contributed by atoms with Gasteiger partial charge >= 0.3 is 0 Å². The number of fused-ring (bicyclic) bond motifs is 1. The maximum atomic E-state index is 9.43. The molecule has 0 radical (unpaired) electrons. The molecular weight excluding hydrogens is 396 g/mol. The molecule has 3 rings (SSSR count). The standard InChI is InChI=1S/C21H24N8S/c1-2-3-4-5-9-30-14-8-6-7-13(10-14)18-16-17(24)15(11-22)19(25)28-20(16)29-21(27-18)26-12-23/h6-8,10,18H,2-5,9H2,1H3,(H6,24,25,26,27,28,29). The fourth-order valence-electron chi connectivity index (χ4n) is 3.32. The molecule has 6 N–H and O–H groups in total. The molecule has 0 saturated carbocycles. The molecule has 1 aromatic carbocycles. The summed E-state index contributed by atoms with van der Waals surface area (Å²) in [4.78, 5) is 10.0. The maximum absolute atomic E-state index is 9.43. The third-order valence-corrected chi connectivity index (χ3v) is 5.88. The van der Waals surface area contributed by atoms with E-state index < -0.39 is 6.04 Å². The van der Waals surface area contributed by atoms with Gasteiger partial charge in [-0.2, -0.15) is 10.5 Å². The summed E-state index contributed by atoms with van der Waals surface area (Å²) in [5, 5.41) is 23.9. The quantitative estimate of drug-likeness (QED) is 0.229. The smallest absolute Gasteiger partial charge is 0.211 e. The van der Waals surface area contributed by atoms with Gasteiger partial charge in [-0.15, -0.1) is 11.8 Å². The predicted octanol–water partition coefficient (Wildman–Crippen LogP) is 3.73. The zero-order valence-electron chi connectivity index (χ0n) is 16.8. The van der Waals surface area contributed by atoms with Crippen LogP contribution in [-0.4, -0.2) is 16.7 Å². The van der Waals surface area contributed by atoms with Gasteiger partial charge in [0.05, 0.1) is 5.69 Å². The minimum atomic E-state index is -0.516. The van der Waals surface area contributed by atoms with Crippen molar-refractivity contribution in [3.05, 3.63) is 41.0 Å². The molecule has 1 atom stereocenters. The van der Waals surface area contributed by atoms with Crippen molar-refractivity contribution in [1.29, 1.82) is 10.5 Å². The van der Waals surface area contributed by atoms with Crippen molar-refractivity contribution in [2.75, 3.05) is 22.5 Å². The van der Waals surface area contributed by atoms with E-state index in [1.807, 2.05) is 24.4 Å². The predicted molar refractivity (Wildman–Crippen MR) is 121 cm³/mol. The number of unbranched alkanes of at least 4 members (excludes halogenated alkanes) is 3. The SMILES string of the molecule is CCCCCCSc1cccc(C2N=C(NC#N)Nc3nc(N)c(C#N)c(N)c32)c1. The fourth-order valence-corrected chi connectivity index (χ4v) is 4.29. The lowest BCUT2D eigenvalue weighted by Crippen LogP contribution is -2.32. The number of thioether (sulfide) groups is 1. The molecule has 0 aliphatic carbocycles. The average Bonchev–Trinajstić information content (AvgIpc) is 2.73. The second-order valence-corrected chi connectivity index (χ2v) is 8.05. The van der Waals surface area contributed by atoms with Crippen LogP contribution < -0.4 is 22.1 Å². The summed E-state index contributed by atoms with van der Waals surface area (Å²) in [5.74, 6) is 1.73. The van der Waals surface area contributed by atoms with E-state index in [2.05, 4.69) is 39.7 Å². The lowest BCUT2D eigenvalue weighted by atomic mass is 9.95. The van der Waals surface area contributed by atoms with Gasteiger partial charge in [-0.1, -0.05) is 38.3 Å². The topological polar surface area (TPSA) is 149 Å². The molecule has 1 aromatic heterocycles. The van der Waals surface area contributed by atoms with E-state index in [-0.39, 0.29) is 23.0 Å². The monoisotopic (exact) mass is 420 g/mol. The van der Waals surface area contributed by atoms with E-state index in [9.17, 15) is 5.26 Å². The van der Waals surface area contributed by atoms with Crippen LogP contribution in [0.4, 0.5) is 17.3 Å². The number of nitriles is 2. The molecule has 30 heavy (non-hydrogen) atoms. The lowest BCUT2D eigenvalue weighted by Gasteiger charge is -2.26. The number of rotatable bonds is 7. The molecule has 0 saturated heterocycles. The average molecular weight is 421 g/mol. The molecule has 2 heterocycles. The Bertz CT molecular complexity index is 1030. The van der Waals surface area contributed by atoms with Crippen LogP contribution in [-0.2, 0) is 0 Å². The van der Waals surface area contributed by atoms with E-state index in [1.165, 1.54) is 25.7 Å². The lowest BCUT2D eigenvalue weighted by molar-refractivity contribution is 0.706. The Balaban J connectivity index is 1.96. The number of nitrogens with one attached hydrogen (secondary N) is 2. The number of nitrogens with zero attached hydrogens (tertiary/aromatic N) is 4. The highest BCUT2D eigenvalue weighted by Gasteiger charge is 2.29. The van der Waals surface area contributed by atoms with Crippen molar-refractivity contribution in [3.63, 3.8) is 0 Å². The second-order valence-electron chi connectivity index (χ2n) is 6.88. The normalized spacial score (nSPS) is 14.6. The van der Waals surface area contributed by atoms with E-state index in [1.54, 1.807) is 11.8 Å². The van der Waals surface area contributed by atoms with Gasteiger partial charge in [0.25, 0.3) is 0 Å². The van der Waals surface area contributed by atoms with Crippen molar-refractivity contribution < 1.29 is 0 Å². The molecule has 1 aliphatic rings. The minimum Gasteiger partial charge on any atom is -0.397 e. The van der Waals surface area contributed by atoms with Crippen LogP contribution in [0.3, 0.4) is 0 Å². The summed E-state index contributed by atoms with van der Waals surface area (Å²) in [5.41, 5.74) is 14.0. The summed E-state index contributed by atoms with van der Waals surface area (Å²) in [6, 6.07) is 9.57. The van der Waals surface area contributed by atoms with Gasteiger partial charge in [0, 0.05) is 10.5 Å². The number of guanidine groups is 1. The highest BCUT2D eigenvalue weighted by Crippen LogP contribution is 2.41. The van der Waals surface area contributed by atoms with Gasteiger partial charge < -0.3 is 16.8 Å². The Morgan fingerprint density at radius 3 is 2.80 bits per heavy atom. The van der Waals surface area contributed by atoms with Crippen molar-refractivity contribution in [3.8, 4) is 12.3 Å². The first-order valence-corrected chi connectivity index (χ1v) is 10.8. The molecule has 0 bridgehead atoms.